The second-order valence-corrected chi connectivity index (χ2v) is 12.3. The molecule has 0 spiro atoms. The molecular formula is C26H36F2NO3PS. The van der Waals surface area contributed by atoms with Crippen molar-refractivity contribution in [2.75, 3.05) is 18.5 Å². The first-order valence-electron chi connectivity index (χ1n) is 12.2. The molecule has 1 aliphatic carbocycles. The van der Waals surface area contributed by atoms with Gasteiger partial charge in [0.25, 0.3) is 0 Å². The fraction of sp³-hybridized carbons (Fsp3) is 0.538. The van der Waals surface area contributed by atoms with Crippen LogP contribution in [-0.4, -0.2) is 28.2 Å². The first-order chi connectivity index (χ1) is 16.3. The summed E-state index contributed by atoms with van der Waals surface area (Å²) in [5.41, 5.74) is 2.23. The molecule has 0 unspecified atom stereocenters. The van der Waals surface area contributed by atoms with Gasteiger partial charge in [0, 0.05) is 11.4 Å². The Balaban J connectivity index is 1.41. The van der Waals surface area contributed by atoms with Gasteiger partial charge in [-0.2, -0.15) is 0 Å². The molecule has 2 aromatic rings. The molecule has 0 bridgehead atoms. The molecule has 0 amide bonds. The van der Waals surface area contributed by atoms with Gasteiger partial charge in [-0.25, -0.2) is 8.78 Å². The minimum absolute atomic E-state index is 0.144. The Bertz CT molecular complexity index is 946. The summed E-state index contributed by atoms with van der Waals surface area (Å²) < 4.78 is 38.8. The number of halogens is 2. The highest BCUT2D eigenvalue weighted by atomic mass is 32.2. The molecule has 0 heterocycles. The molecule has 1 aliphatic rings. The summed E-state index contributed by atoms with van der Waals surface area (Å²) in [5.74, 6) is 0.445. The summed E-state index contributed by atoms with van der Waals surface area (Å²) in [6, 6.07) is 12.3. The Morgan fingerprint density at radius 3 is 2.38 bits per heavy atom. The zero-order chi connectivity index (χ0) is 24.4. The molecule has 3 N–H and O–H groups in total. The minimum Gasteiger partial charge on any atom is -0.324 e. The van der Waals surface area contributed by atoms with Crippen LogP contribution >= 0.6 is 19.4 Å². The van der Waals surface area contributed by atoms with Crippen LogP contribution in [0.5, 0.6) is 0 Å². The lowest BCUT2D eigenvalue weighted by atomic mass is 9.67. The van der Waals surface area contributed by atoms with Gasteiger partial charge in [-0.1, -0.05) is 43.9 Å². The maximum absolute atomic E-state index is 14.5. The van der Waals surface area contributed by atoms with Gasteiger partial charge in [0.05, 0.1) is 6.16 Å². The molecular weight excluding hydrogens is 475 g/mol. The van der Waals surface area contributed by atoms with Crippen molar-refractivity contribution in [2.45, 2.75) is 74.6 Å². The number of benzene rings is 2. The van der Waals surface area contributed by atoms with Crippen molar-refractivity contribution < 1.29 is 23.1 Å². The van der Waals surface area contributed by atoms with Crippen LogP contribution < -0.4 is 5.32 Å². The number of thioether (sulfide) groups is 1. The molecule has 3 rings (SSSR count). The van der Waals surface area contributed by atoms with Gasteiger partial charge in [0.1, 0.15) is 11.6 Å². The van der Waals surface area contributed by atoms with E-state index in [1.54, 1.807) is 23.9 Å². The lowest BCUT2D eigenvalue weighted by Gasteiger charge is -2.38. The molecule has 188 valence electrons. The highest BCUT2D eigenvalue weighted by Crippen LogP contribution is 2.43. The number of hydrogen-bond donors (Lipinski definition) is 3. The summed E-state index contributed by atoms with van der Waals surface area (Å²) in [7, 11) is -3.95. The largest absolute Gasteiger partial charge is 0.325 e. The Hall–Kier alpha value is -1.24. The van der Waals surface area contributed by atoms with Crippen molar-refractivity contribution in [3.63, 3.8) is 0 Å². The quantitative estimate of drug-likeness (QED) is 0.157. The van der Waals surface area contributed by atoms with Crippen molar-refractivity contribution in [1.29, 1.82) is 0 Å². The van der Waals surface area contributed by atoms with Crippen LogP contribution in [0.15, 0.2) is 47.4 Å². The average Bonchev–Trinajstić information content (AvgIpc) is 2.80. The maximum atomic E-state index is 14.5. The fourth-order valence-electron chi connectivity index (χ4n) is 4.88. The number of hydrogen-bond acceptors (Lipinski definition) is 3. The van der Waals surface area contributed by atoms with E-state index >= 15 is 0 Å². The van der Waals surface area contributed by atoms with E-state index in [-0.39, 0.29) is 23.2 Å². The summed E-state index contributed by atoms with van der Waals surface area (Å²) in [4.78, 5) is 18.4. The second-order valence-electron chi connectivity index (χ2n) is 9.34. The van der Waals surface area contributed by atoms with Gasteiger partial charge in [0.2, 0.25) is 0 Å². The standard InChI is InChI=1S/C26H36F2NO3PS/c27-23-10-8-22(9-11-23)26(13-2-1-3-14-26)15-4-5-18-34-25-12-7-21(19-24(25)28)20-29-16-6-17-33(30,31)32/h7-12,19,29H,1-6,13-18,20H2,(H2,30,31,32). The second kappa shape index (κ2) is 13.2. The van der Waals surface area contributed by atoms with Gasteiger partial charge < -0.3 is 15.1 Å². The molecule has 1 fully saturated rings. The van der Waals surface area contributed by atoms with Gasteiger partial charge >= 0.3 is 7.60 Å². The third-order valence-electron chi connectivity index (χ3n) is 6.70. The Labute approximate surface area is 206 Å². The molecule has 8 heteroatoms. The van der Waals surface area contributed by atoms with Crippen LogP contribution in [-0.2, 0) is 16.5 Å². The summed E-state index contributed by atoms with van der Waals surface area (Å²) in [6.45, 7) is 0.942. The molecule has 0 aliphatic heterocycles. The molecule has 0 aromatic heterocycles. The smallest absolute Gasteiger partial charge is 0.324 e. The van der Waals surface area contributed by atoms with Crippen LogP contribution in [0.25, 0.3) is 0 Å². The van der Waals surface area contributed by atoms with E-state index in [9.17, 15) is 13.3 Å². The van der Waals surface area contributed by atoms with E-state index in [1.165, 1.54) is 30.9 Å². The number of unbranched alkanes of at least 4 members (excludes halogenated alkanes) is 1. The van der Waals surface area contributed by atoms with Crippen LogP contribution in [0.3, 0.4) is 0 Å². The van der Waals surface area contributed by atoms with Crippen molar-refractivity contribution >= 4 is 19.4 Å². The maximum Gasteiger partial charge on any atom is 0.325 e. The highest BCUT2D eigenvalue weighted by Gasteiger charge is 2.33. The topological polar surface area (TPSA) is 69.6 Å². The van der Waals surface area contributed by atoms with Crippen molar-refractivity contribution in [1.82, 2.24) is 5.32 Å². The van der Waals surface area contributed by atoms with E-state index in [0.717, 1.165) is 43.4 Å². The average molecular weight is 512 g/mol. The molecule has 0 radical (unpaired) electrons. The zero-order valence-corrected chi connectivity index (χ0v) is 21.4. The third-order valence-corrected chi connectivity index (χ3v) is 8.74. The first kappa shape index (κ1) is 27.3. The van der Waals surface area contributed by atoms with Crippen molar-refractivity contribution in [3.05, 3.63) is 65.2 Å². The lowest BCUT2D eigenvalue weighted by molar-refractivity contribution is 0.267. The van der Waals surface area contributed by atoms with Crippen LogP contribution in [0.2, 0.25) is 0 Å². The van der Waals surface area contributed by atoms with E-state index in [1.807, 2.05) is 24.3 Å². The highest BCUT2D eigenvalue weighted by molar-refractivity contribution is 7.99. The molecule has 1 saturated carbocycles. The zero-order valence-electron chi connectivity index (χ0n) is 19.6. The Morgan fingerprint density at radius 1 is 0.971 bits per heavy atom. The van der Waals surface area contributed by atoms with Gasteiger partial charge in [-0.05, 0) is 85.2 Å². The Morgan fingerprint density at radius 2 is 1.71 bits per heavy atom. The predicted octanol–water partition coefficient (Wildman–Crippen LogP) is 6.79. The van der Waals surface area contributed by atoms with Gasteiger partial charge in [-0.15, -0.1) is 11.8 Å². The van der Waals surface area contributed by atoms with E-state index in [4.69, 9.17) is 9.79 Å². The molecule has 0 atom stereocenters. The normalized spacial score (nSPS) is 16.0. The molecule has 4 nitrogen and oxygen atoms in total. The third kappa shape index (κ3) is 8.76. The van der Waals surface area contributed by atoms with E-state index in [0.29, 0.717) is 24.4 Å². The first-order valence-corrected chi connectivity index (χ1v) is 15.0. The van der Waals surface area contributed by atoms with Crippen LogP contribution in [0.4, 0.5) is 8.78 Å². The van der Waals surface area contributed by atoms with E-state index < -0.39 is 7.60 Å². The SMILES string of the molecule is O=P(O)(O)CCCNCc1ccc(SCCCCC2(c3ccc(F)cc3)CCCCC2)c(F)c1. The molecule has 0 saturated heterocycles. The predicted molar refractivity (Wildman–Crippen MR) is 135 cm³/mol. The van der Waals surface area contributed by atoms with Crippen molar-refractivity contribution in [2.24, 2.45) is 0 Å². The van der Waals surface area contributed by atoms with Gasteiger partial charge in [0.15, 0.2) is 0 Å². The monoisotopic (exact) mass is 511 g/mol. The number of rotatable bonds is 13. The summed E-state index contributed by atoms with van der Waals surface area (Å²) in [5, 5.41) is 3.09. The van der Waals surface area contributed by atoms with Crippen molar-refractivity contribution in [3.8, 4) is 0 Å². The molecule has 2 aromatic carbocycles. The van der Waals surface area contributed by atoms with Crippen LogP contribution in [0, 0.1) is 11.6 Å². The Kier molecular flexibility index (Phi) is 10.6. The fourth-order valence-corrected chi connectivity index (χ4v) is 6.38. The van der Waals surface area contributed by atoms with Crippen LogP contribution in [0.1, 0.15) is 68.9 Å². The summed E-state index contributed by atoms with van der Waals surface area (Å²) in [6.07, 6.45) is 9.46. The molecule has 34 heavy (non-hydrogen) atoms. The minimum atomic E-state index is -3.95. The van der Waals surface area contributed by atoms with E-state index in [2.05, 4.69) is 5.32 Å². The summed E-state index contributed by atoms with van der Waals surface area (Å²) >= 11 is 1.54. The number of nitrogens with one attached hydrogen (secondary N) is 1. The lowest BCUT2D eigenvalue weighted by Crippen LogP contribution is -2.29. The van der Waals surface area contributed by atoms with Gasteiger partial charge in [-0.3, -0.25) is 4.57 Å².